The van der Waals surface area contributed by atoms with E-state index in [0.717, 1.165) is 40.6 Å². The molecule has 0 radical (unpaired) electrons. The molecule has 1 aliphatic rings. The van der Waals surface area contributed by atoms with Crippen LogP contribution in [0.3, 0.4) is 0 Å². The molecule has 0 spiro atoms. The third-order valence-electron chi connectivity index (χ3n) is 5.11. The maximum absolute atomic E-state index is 13.2. The Morgan fingerprint density at radius 1 is 1.29 bits per heavy atom. The van der Waals surface area contributed by atoms with Gasteiger partial charge in [-0.2, -0.15) is 0 Å². The van der Waals surface area contributed by atoms with Crippen LogP contribution in [0, 0.1) is 0 Å². The number of nitrogens with one attached hydrogen (secondary N) is 1. The molecule has 0 aliphatic carbocycles. The van der Waals surface area contributed by atoms with Gasteiger partial charge in [0.2, 0.25) is 0 Å². The van der Waals surface area contributed by atoms with Crippen molar-refractivity contribution in [3.05, 3.63) is 44.9 Å². The molecule has 1 N–H and O–H groups in total. The van der Waals surface area contributed by atoms with Crippen LogP contribution in [0.5, 0.6) is 11.5 Å². The fraction of sp³-hybridized carbons (Fsp3) is 0.450. The summed E-state index contributed by atoms with van der Waals surface area (Å²) in [6, 6.07) is 5.85. The number of methoxy groups -OCH3 is 2. The SMILES string of the molecule is CCc1nc2sc(C3CCCN3)nc2c(=O)n1Cc1ccc(OC)cc1OC. The van der Waals surface area contributed by atoms with E-state index < -0.39 is 0 Å². The van der Waals surface area contributed by atoms with Crippen LogP contribution in [0.2, 0.25) is 0 Å². The maximum atomic E-state index is 13.2. The summed E-state index contributed by atoms with van der Waals surface area (Å²) in [5, 5.41) is 4.40. The molecule has 1 saturated heterocycles. The Kier molecular flexibility index (Phi) is 5.32. The molecule has 4 rings (SSSR count). The maximum Gasteiger partial charge on any atom is 0.281 e. The molecular formula is C20H24N4O3S. The van der Waals surface area contributed by atoms with Crippen molar-refractivity contribution in [3.63, 3.8) is 0 Å². The van der Waals surface area contributed by atoms with Gasteiger partial charge in [-0.25, -0.2) is 9.97 Å². The second-order valence-electron chi connectivity index (χ2n) is 6.81. The summed E-state index contributed by atoms with van der Waals surface area (Å²) < 4.78 is 12.5. The van der Waals surface area contributed by atoms with Gasteiger partial charge in [-0.05, 0) is 31.5 Å². The Labute approximate surface area is 167 Å². The normalized spacial score (nSPS) is 16.6. The summed E-state index contributed by atoms with van der Waals surface area (Å²) >= 11 is 1.53. The van der Waals surface area contributed by atoms with Crippen LogP contribution in [0.4, 0.5) is 0 Å². The molecule has 28 heavy (non-hydrogen) atoms. The topological polar surface area (TPSA) is 78.3 Å². The number of hydrogen-bond acceptors (Lipinski definition) is 7. The predicted octanol–water partition coefficient (Wildman–Crippen LogP) is 2.91. The third-order valence-corrected chi connectivity index (χ3v) is 6.18. The highest BCUT2D eigenvalue weighted by atomic mass is 32.1. The smallest absolute Gasteiger partial charge is 0.281 e. The number of aryl methyl sites for hydroxylation is 1. The summed E-state index contributed by atoms with van der Waals surface area (Å²) in [5.74, 6) is 2.15. The van der Waals surface area contributed by atoms with Crippen LogP contribution in [0.1, 0.15) is 42.2 Å². The zero-order chi connectivity index (χ0) is 19.7. The van der Waals surface area contributed by atoms with Gasteiger partial charge < -0.3 is 14.8 Å². The van der Waals surface area contributed by atoms with E-state index >= 15 is 0 Å². The molecule has 3 aromatic rings. The molecule has 2 aromatic heterocycles. The summed E-state index contributed by atoms with van der Waals surface area (Å²) in [6.45, 7) is 3.39. The van der Waals surface area contributed by atoms with Gasteiger partial charge in [0.25, 0.3) is 5.56 Å². The van der Waals surface area contributed by atoms with Crippen LogP contribution in [-0.2, 0) is 13.0 Å². The minimum atomic E-state index is -0.0970. The summed E-state index contributed by atoms with van der Waals surface area (Å²) in [6.07, 6.45) is 2.85. The van der Waals surface area contributed by atoms with Gasteiger partial charge in [0.15, 0.2) is 10.3 Å². The average molecular weight is 401 g/mol. The second kappa shape index (κ2) is 7.89. The lowest BCUT2D eigenvalue weighted by atomic mass is 10.2. The highest BCUT2D eigenvalue weighted by Gasteiger charge is 2.23. The highest BCUT2D eigenvalue weighted by molar-refractivity contribution is 7.18. The fourth-order valence-electron chi connectivity index (χ4n) is 3.60. The Hall–Kier alpha value is -2.45. The summed E-state index contributed by atoms with van der Waals surface area (Å²) in [5.41, 5.74) is 1.26. The minimum Gasteiger partial charge on any atom is -0.497 e. The third kappa shape index (κ3) is 3.38. The Morgan fingerprint density at radius 3 is 2.82 bits per heavy atom. The number of thiazole rings is 1. The van der Waals surface area contributed by atoms with E-state index in [9.17, 15) is 4.79 Å². The van der Waals surface area contributed by atoms with Crippen LogP contribution < -0.4 is 20.3 Å². The van der Waals surface area contributed by atoms with Crippen molar-refractivity contribution in [3.8, 4) is 11.5 Å². The average Bonchev–Trinajstić information content (AvgIpc) is 3.39. The van der Waals surface area contributed by atoms with Crippen LogP contribution in [0.15, 0.2) is 23.0 Å². The first-order valence-electron chi connectivity index (χ1n) is 9.49. The molecule has 3 heterocycles. The Bertz CT molecular complexity index is 1050. The van der Waals surface area contributed by atoms with E-state index in [-0.39, 0.29) is 11.6 Å². The van der Waals surface area contributed by atoms with Crippen LogP contribution in [0.25, 0.3) is 10.3 Å². The van der Waals surface area contributed by atoms with Crippen molar-refractivity contribution >= 4 is 21.7 Å². The van der Waals surface area contributed by atoms with E-state index in [1.807, 2.05) is 25.1 Å². The highest BCUT2D eigenvalue weighted by Crippen LogP contribution is 2.30. The Morgan fingerprint density at radius 2 is 2.14 bits per heavy atom. The number of hydrogen-bond donors (Lipinski definition) is 1. The van der Waals surface area contributed by atoms with Gasteiger partial charge in [0.1, 0.15) is 22.3 Å². The van der Waals surface area contributed by atoms with Crippen molar-refractivity contribution < 1.29 is 9.47 Å². The second-order valence-corrected chi connectivity index (χ2v) is 7.81. The van der Waals surface area contributed by atoms with Gasteiger partial charge in [0, 0.05) is 18.1 Å². The Balaban J connectivity index is 1.78. The number of fused-ring (bicyclic) bond motifs is 1. The van der Waals surface area contributed by atoms with Crippen molar-refractivity contribution in [1.82, 2.24) is 19.9 Å². The monoisotopic (exact) mass is 400 g/mol. The number of ether oxygens (including phenoxy) is 2. The molecule has 1 aromatic carbocycles. The lowest BCUT2D eigenvalue weighted by Crippen LogP contribution is -2.26. The number of aromatic nitrogens is 3. The molecule has 0 amide bonds. The first kappa shape index (κ1) is 18.9. The van der Waals surface area contributed by atoms with Crippen molar-refractivity contribution in [2.75, 3.05) is 20.8 Å². The molecule has 0 saturated carbocycles. The molecule has 0 bridgehead atoms. The van der Waals surface area contributed by atoms with Gasteiger partial charge in [-0.1, -0.05) is 18.3 Å². The largest absolute Gasteiger partial charge is 0.497 e. The zero-order valence-electron chi connectivity index (χ0n) is 16.3. The summed E-state index contributed by atoms with van der Waals surface area (Å²) in [7, 11) is 3.23. The molecule has 1 aliphatic heterocycles. The fourth-order valence-corrected chi connectivity index (χ4v) is 4.66. The predicted molar refractivity (Wildman–Crippen MR) is 110 cm³/mol. The van der Waals surface area contributed by atoms with E-state index in [1.54, 1.807) is 18.8 Å². The number of rotatable bonds is 6. The van der Waals surface area contributed by atoms with E-state index in [2.05, 4.69) is 10.3 Å². The first-order chi connectivity index (χ1) is 13.6. The molecule has 7 nitrogen and oxygen atoms in total. The van der Waals surface area contributed by atoms with Crippen molar-refractivity contribution in [2.24, 2.45) is 0 Å². The van der Waals surface area contributed by atoms with Crippen molar-refractivity contribution in [1.29, 1.82) is 0 Å². The molecule has 1 atom stereocenters. The molecule has 1 unspecified atom stereocenters. The standard InChI is InChI=1S/C20H24N4O3S/c1-4-16-22-19-17(23-18(28-19)14-6-5-9-21-14)20(25)24(16)11-12-7-8-13(26-2)10-15(12)27-3/h7-8,10,14,21H,4-6,9,11H2,1-3H3. The van der Waals surface area contributed by atoms with Gasteiger partial charge in [-0.3, -0.25) is 9.36 Å². The molecule has 8 heteroatoms. The van der Waals surface area contributed by atoms with Gasteiger partial charge in [-0.15, -0.1) is 0 Å². The van der Waals surface area contributed by atoms with Crippen LogP contribution >= 0.6 is 11.3 Å². The van der Waals surface area contributed by atoms with E-state index in [1.165, 1.54) is 11.3 Å². The molecule has 148 valence electrons. The number of benzene rings is 1. The summed E-state index contributed by atoms with van der Waals surface area (Å²) in [4.78, 5) is 23.4. The molecule has 1 fully saturated rings. The zero-order valence-corrected chi connectivity index (χ0v) is 17.1. The first-order valence-corrected chi connectivity index (χ1v) is 10.3. The van der Waals surface area contributed by atoms with E-state index in [0.29, 0.717) is 30.0 Å². The lowest BCUT2D eigenvalue weighted by Gasteiger charge is -2.14. The van der Waals surface area contributed by atoms with E-state index in [4.69, 9.17) is 14.5 Å². The molecular weight excluding hydrogens is 376 g/mol. The quantitative estimate of drug-likeness (QED) is 0.686. The van der Waals surface area contributed by atoms with Crippen molar-refractivity contribution in [2.45, 2.75) is 38.8 Å². The number of nitrogens with zero attached hydrogens (tertiary/aromatic N) is 3. The minimum absolute atomic E-state index is 0.0970. The van der Waals surface area contributed by atoms with Gasteiger partial charge >= 0.3 is 0 Å². The van der Waals surface area contributed by atoms with Crippen LogP contribution in [-0.4, -0.2) is 35.3 Å². The lowest BCUT2D eigenvalue weighted by molar-refractivity contribution is 0.390. The van der Waals surface area contributed by atoms with Gasteiger partial charge in [0.05, 0.1) is 26.8 Å².